The number of hydrogen-bond donors (Lipinski definition) is 2. The van der Waals surface area contributed by atoms with Gasteiger partial charge in [-0.15, -0.1) is 0 Å². The molecule has 9 heteroatoms. The van der Waals surface area contributed by atoms with Crippen LogP contribution in [0.2, 0.25) is 0 Å². The molecule has 0 saturated heterocycles. The normalized spacial score (nSPS) is 11.4. The SMILES string of the molecule is Cc1ccc(-n2c(Cn3nc(-c4cccc(O)c4)c4c(N)ncnc43)nc3cccc(C)c3c2=O)cc1. The Labute approximate surface area is 211 Å². The van der Waals surface area contributed by atoms with Crippen molar-refractivity contribution in [3.05, 3.63) is 100 Å². The number of aryl methyl sites for hydroxylation is 2. The van der Waals surface area contributed by atoms with E-state index >= 15 is 0 Å². The molecule has 0 spiro atoms. The number of rotatable bonds is 4. The van der Waals surface area contributed by atoms with Crippen molar-refractivity contribution in [2.24, 2.45) is 0 Å². The first kappa shape index (κ1) is 22.4. The number of nitrogen functional groups attached to an aromatic ring is 1. The van der Waals surface area contributed by atoms with Crippen molar-refractivity contribution in [1.82, 2.24) is 29.3 Å². The molecule has 6 rings (SSSR count). The third kappa shape index (κ3) is 3.77. The molecule has 0 aliphatic rings. The van der Waals surface area contributed by atoms with E-state index in [1.54, 1.807) is 27.4 Å². The predicted molar refractivity (Wildman–Crippen MR) is 143 cm³/mol. The summed E-state index contributed by atoms with van der Waals surface area (Å²) < 4.78 is 3.29. The van der Waals surface area contributed by atoms with E-state index in [-0.39, 0.29) is 23.7 Å². The van der Waals surface area contributed by atoms with Gasteiger partial charge in [0.15, 0.2) is 5.65 Å². The second-order valence-corrected chi connectivity index (χ2v) is 8.99. The van der Waals surface area contributed by atoms with E-state index in [1.807, 2.05) is 62.4 Å². The molecule has 3 aromatic carbocycles. The second kappa shape index (κ2) is 8.56. The van der Waals surface area contributed by atoms with Crippen LogP contribution in [0.25, 0.3) is 38.9 Å². The van der Waals surface area contributed by atoms with Gasteiger partial charge in [0, 0.05) is 5.56 Å². The zero-order valence-corrected chi connectivity index (χ0v) is 20.3. The molecule has 0 unspecified atom stereocenters. The first-order chi connectivity index (χ1) is 17.9. The van der Waals surface area contributed by atoms with Crippen LogP contribution in [0.5, 0.6) is 5.75 Å². The van der Waals surface area contributed by atoms with Gasteiger partial charge in [-0.2, -0.15) is 5.10 Å². The Kier molecular flexibility index (Phi) is 5.19. The van der Waals surface area contributed by atoms with Gasteiger partial charge in [0.25, 0.3) is 5.56 Å². The van der Waals surface area contributed by atoms with E-state index in [0.717, 1.165) is 11.1 Å². The quantitative estimate of drug-likeness (QED) is 0.381. The molecule has 0 fully saturated rings. The van der Waals surface area contributed by atoms with Crippen LogP contribution in [0.1, 0.15) is 17.0 Å². The van der Waals surface area contributed by atoms with Crippen LogP contribution in [-0.2, 0) is 6.54 Å². The Hall–Kier alpha value is -5.05. The van der Waals surface area contributed by atoms with E-state index in [0.29, 0.717) is 44.7 Å². The van der Waals surface area contributed by atoms with Gasteiger partial charge in [-0.1, -0.05) is 42.0 Å². The van der Waals surface area contributed by atoms with E-state index in [1.165, 1.54) is 6.33 Å². The van der Waals surface area contributed by atoms with Crippen LogP contribution in [-0.4, -0.2) is 34.4 Å². The summed E-state index contributed by atoms with van der Waals surface area (Å²) >= 11 is 0. The van der Waals surface area contributed by atoms with Gasteiger partial charge in [-0.05, 0) is 49.7 Å². The van der Waals surface area contributed by atoms with Gasteiger partial charge in [0.2, 0.25) is 0 Å². The molecule has 0 bridgehead atoms. The van der Waals surface area contributed by atoms with E-state index in [2.05, 4.69) is 9.97 Å². The molecule has 3 heterocycles. The molecule has 0 aliphatic carbocycles. The standard InChI is InChI=1S/C28H23N7O2/c1-16-9-11-19(12-10-16)35-22(32-21-8-3-5-17(2)23(21)28(35)37)14-34-27-24(26(29)30-15-31-27)25(33-34)18-6-4-7-20(36)13-18/h3-13,15,36H,14H2,1-2H3,(H2,29,30,31). The molecule has 37 heavy (non-hydrogen) atoms. The number of anilines is 1. The lowest BCUT2D eigenvalue weighted by molar-refractivity contribution is 0.475. The van der Waals surface area contributed by atoms with Crippen molar-refractivity contribution >= 4 is 27.8 Å². The largest absolute Gasteiger partial charge is 0.508 e. The molecule has 3 aromatic heterocycles. The number of hydrogen-bond acceptors (Lipinski definition) is 7. The van der Waals surface area contributed by atoms with Crippen molar-refractivity contribution in [3.63, 3.8) is 0 Å². The number of benzene rings is 3. The highest BCUT2D eigenvalue weighted by Crippen LogP contribution is 2.32. The number of fused-ring (bicyclic) bond motifs is 2. The summed E-state index contributed by atoms with van der Waals surface area (Å²) in [6.45, 7) is 4.06. The second-order valence-electron chi connectivity index (χ2n) is 8.99. The number of nitrogens with two attached hydrogens (primary N) is 1. The average Bonchev–Trinajstić information content (AvgIpc) is 3.25. The summed E-state index contributed by atoms with van der Waals surface area (Å²) in [4.78, 5) is 27.4. The Balaban J connectivity index is 1.61. The summed E-state index contributed by atoms with van der Waals surface area (Å²) in [5.74, 6) is 0.874. The first-order valence-corrected chi connectivity index (χ1v) is 11.8. The molecule has 0 atom stereocenters. The first-order valence-electron chi connectivity index (χ1n) is 11.8. The number of aromatic hydroxyl groups is 1. The maximum absolute atomic E-state index is 13.8. The van der Waals surface area contributed by atoms with E-state index < -0.39 is 0 Å². The Bertz CT molecular complexity index is 1870. The summed E-state index contributed by atoms with van der Waals surface area (Å²) in [7, 11) is 0. The number of nitrogens with zero attached hydrogens (tertiary/aromatic N) is 6. The fraction of sp³-hybridized carbons (Fsp3) is 0.107. The Morgan fingerprint density at radius 2 is 1.73 bits per heavy atom. The smallest absolute Gasteiger partial charge is 0.266 e. The average molecular weight is 490 g/mol. The maximum Gasteiger partial charge on any atom is 0.266 e. The topological polar surface area (TPSA) is 125 Å². The van der Waals surface area contributed by atoms with Gasteiger partial charge >= 0.3 is 0 Å². The minimum absolute atomic E-state index is 0.107. The zero-order valence-electron chi connectivity index (χ0n) is 20.3. The molecular weight excluding hydrogens is 466 g/mol. The van der Waals surface area contributed by atoms with Crippen LogP contribution in [0.4, 0.5) is 5.82 Å². The van der Waals surface area contributed by atoms with Crippen LogP contribution in [0.3, 0.4) is 0 Å². The van der Waals surface area contributed by atoms with Crippen molar-refractivity contribution in [2.75, 3.05) is 5.73 Å². The third-order valence-electron chi connectivity index (χ3n) is 6.44. The molecule has 9 nitrogen and oxygen atoms in total. The van der Waals surface area contributed by atoms with Crippen LogP contribution in [0, 0.1) is 13.8 Å². The minimum atomic E-state index is -0.152. The Morgan fingerprint density at radius 1 is 0.946 bits per heavy atom. The van der Waals surface area contributed by atoms with Crippen molar-refractivity contribution in [1.29, 1.82) is 0 Å². The van der Waals surface area contributed by atoms with Gasteiger partial charge in [0.05, 0.1) is 22.0 Å². The van der Waals surface area contributed by atoms with Crippen LogP contribution in [0.15, 0.2) is 77.9 Å². The van der Waals surface area contributed by atoms with Crippen molar-refractivity contribution in [2.45, 2.75) is 20.4 Å². The summed E-state index contributed by atoms with van der Waals surface area (Å²) in [6.07, 6.45) is 1.38. The third-order valence-corrected chi connectivity index (χ3v) is 6.44. The number of aromatic nitrogens is 6. The lowest BCUT2D eigenvalue weighted by Gasteiger charge is -2.15. The summed E-state index contributed by atoms with van der Waals surface area (Å²) in [5, 5.41) is 16.0. The van der Waals surface area contributed by atoms with Gasteiger partial charge < -0.3 is 10.8 Å². The van der Waals surface area contributed by atoms with Crippen molar-refractivity contribution in [3.8, 4) is 22.7 Å². The van der Waals surface area contributed by atoms with E-state index in [9.17, 15) is 9.90 Å². The molecule has 0 saturated carbocycles. The molecule has 6 aromatic rings. The number of phenolic OH excluding ortho intramolecular Hbond substituents is 1. The predicted octanol–water partition coefficient (Wildman–Crippen LogP) is 4.15. The highest BCUT2D eigenvalue weighted by Gasteiger charge is 2.20. The lowest BCUT2D eigenvalue weighted by atomic mass is 10.1. The molecule has 0 aliphatic heterocycles. The van der Waals surface area contributed by atoms with E-state index in [4.69, 9.17) is 15.8 Å². The fourth-order valence-corrected chi connectivity index (χ4v) is 4.64. The number of phenols is 1. The summed E-state index contributed by atoms with van der Waals surface area (Å²) in [6, 6.07) is 20.1. The highest BCUT2D eigenvalue weighted by atomic mass is 16.3. The van der Waals surface area contributed by atoms with Crippen LogP contribution >= 0.6 is 0 Å². The monoisotopic (exact) mass is 489 g/mol. The van der Waals surface area contributed by atoms with Gasteiger partial charge in [0.1, 0.15) is 36.0 Å². The zero-order chi connectivity index (χ0) is 25.7. The van der Waals surface area contributed by atoms with Crippen LogP contribution < -0.4 is 11.3 Å². The maximum atomic E-state index is 13.8. The molecule has 0 radical (unpaired) electrons. The lowest BCUT2D eigenvalue weighted by Crippen LogP contribution is -2.26. The molecule has 3 N–H and O–H groups in total. The highest BCUT2D eigenvalue weighted by molar-refractivity contribution is 5.98. The minimum Gasteiger partial charge on any atom is -0.508 e. The molecule has 182 valence electrons. The van der Waals surface area contributed by atoms with Crippen molar-refractivity contribution < 1.29 is 5.11 Å². The molecular formula is C28H23N7O2. The molecule has 0 amide bonds. The summed E-state index contributed by atoms with van der Waals surface area (Å²) in [5.41, 5.74) is 11.1. The van der Waals surface area contributed by atoms with Gasteiger partial charge in [-0.25, -0.2) is 19.6 Å². The fourth-order valence-electron chi connectivity index (χ4n) is 4.64. The van der Waals surface area contributed by atoms with Gasteiger partial charge in [-0.3, -0.25) is 9.36 Å². The Morgan fingerprint density at radius 3 is 2.51 bits per heavy atom.